The Morgan fingerprint density at radius 1 is 1.03 bits per heavy atom. The molecule has 0 radical (unpaired) electrons. The molecule has 1 N–H and O–H groups in total. The Hall–Kier alpha value is -2.80. The largest absolute Gasteiger partial charge is 0.489 e. The minimum absolute atomic E-state index is 0.217. The van der Waals surface area contributed by atoms with Crippen LogP contribution in [0.5, 0.6) is 5.75 Å². The van der Waals surface area contributed by atoms with E-state index in [-0.39, 0.29) is 5.91 Å². The maximum atomic E-state index is 13.0. The highest BCUT2D eigenvalue weighted by Crippen LogP contribution is 2.28. The lowest BCUT2D eigenvalue weighted by Crippen LogP contribution is -2.14. The number of carbonyl (C=O) groups is 1. The molecule has 5 nitrogen and oxygen atoms in total. The van der Waals surface area contributed by atoms with E-state index in [4.69, 9.17) is 27.9 Å². The number of nitrogens with zero attached hydrogens (tertiary/aromatic N) is 2. The van der Waals surface area contributed by atoms with Crippen LogP contribution in [-0.4, -0.2) is 15.7 Å². The fraction of sp³-hybridized carbons (Fsp3) is 0.154. The number of hydrogen-bond acceptors (Lipinski definition) is 3. The summed E-state index contributed by atoms with van der Waals surface area (Å²) >= 11 is 16.1. The Balaban J connectivity index is 1.48. The lowest BCUT2D eigenvalue weighted by Gasteiger charge is -2.11. The smallest absolute Gasteiger partial charge is 0.255 e. The lowest BCUT2D eigenvalue weighted by molar-refractivity contribution is 0.102. The molecule has 3 aromatic carbocycles. The van der Waals surface area contributed by atoms with Crippen molar-refractivity contribution >= 4 is 50.7 Å². The third-order valence-corrected chi connectivity index (χ3v) is 6.58. The summed E-state index contributed by atoms with van der Waals surface area (Å²) in [6.45, 7) is 4.52. The van der Waals surface area contributed by atoms with Crippen LogP contribution in [0.1, 0.15) is 32.9 Å². The molecule has 1 amide bonds. The summed E-state index contributed by atoms with van der Waals surface area (Å²) in [6.07, 6.45) is 0. The normalized spacial score (nSPS) is 10.9. The number of carbonyl (C=O) groups excluding carboxylic acids is 1. The number of aromatic nitrogens is 2. The Labute approximate surface area is 216 Å². The van der Waals surface area contributed by atoms with Gasteiger partial charge in [-0.1, -0.05) is 63.4 Å². The van der Waals surface area contributed by atoms with Crippen LogP contribution in [0, 0.1) is 13.8 Å². The summed E-state index contributed by atoms with van der Waals surface area (Å²) < 4.78 is 8.58. The average Bonchev–Trinajstić information content (AvgIpc) is 3.08. The summed E-state index contributed by atoms with van der Waals surface area (Å²) in [5.41, 5.74) is 4.41. The van der Waals surface area contributed by atoms with Gasteiger partial charge in [-0.25, -0.2) is 0 Å². The number of anilines is 1. The van der Waals surface area contributed by atoms with Gasteiger partial charge in [-0.05, 0) is 61.9 Å². The van der Waals surface area contributed by atoms with E-state index in [1.54, 1.807) is 28.9 Å². The molecule has 0 unspecified atom stereocenters. The predicted molar refractivity (Wildman–Crippen MR) is 140 cm³/mol. The third kappa shape index (κ3) is 5.63. The fourth-order valence-electron chi connectivity index (χ4n) is 3.58. The number of hydrogen-bond donors (Lipinski definition) is 1. The molecule has 4 aromatic rings. The molecular formula is C26H22BrCl2N3O2. The van der Waals surface area contributed by atoms with Crippen LogP contribution in [0.25, 0.3) is 0 Å². The van der Waals surface area contributed by atoms with Crippen LogP contribution in [0.2, 0.25) is 10.0 Å². The highest BCUT2D eigenvalue weighted by atomic mass is 79.9. The number of aryl methyl sites for hydroxylation is 1. The highest BCUT2D eigenvalue weighted by molar-refractivity contribution is 9.10. The van der Waals surface area contributed by atoms with Gasteiger partial charge >= 0.3 is 0 Å². The zero-order chi connectivity index (χ0) is 24.2. The molecule has 0 bridgehead atoms. The number of amides is 1. The molecular weight excluding hydrogens is 537 g/mol. The Kier molecular flexibility index (Phi) is 7.61. The SMILES string of the molecule is Cc1nn(Cc2c(Cl)cccc2Cl)c(C)c1NC(=O)c1cccc(COc2cccc(Br)c2)c1. The van der Waals surface area contributed by atoms with Gasteiger partial charge in [0.2, 0.25) is 0 Å². The molecule has 0 saturated carbocycles. The molecule has 0 saturated heterocycles. The standard InChI is InChI=1S/C26H22BrCl2N3O2/c1-16-25(17(2)32(31-16)14-22-23(28)10-5-11-24(22)29)30-26(33)19-7-3-6-18(12-19)15-34-21-9-4-8-20(27)13-21/h3-13H,14-15H2,1-2H3,(H,30,33). The second kappa shape index (κ2) is 10.6. The van der Waals surface area contributed by atoms with E-state index in [1.165, 1.54) is 0 Å². The van der Waals surface area contributed by atoms with E-state index in [0.29, 0.717) is 40.1 Å². The lowest BCUT2D eigenvalue weighted by atomic mass is 10.1. The van der Waals surface area contributed by atoms with Gasteiger partial charge in [-0.2, -0.15) is 5.10 Å². The van der Waals surface area contributed by atoms with Gasteiger partial charge in [0.25, 0.3) is 5.91 Å². The molecule has 0 aliphatic carbocycles. The molecule has 0 spiro atoms. The van der Waals surface area contributed by atoms with E-state index in [9.17, 15) is 4.79 Å². The maximum Gasteiger partial charge on any atom is 0.255 e. The van der Waals surface area contributed by atoms with Crippen LogP contribution in [0.3, 0.4) is 0 Å². The minimum atomic E-state index is -0.217. The van der Waals surface area contributed by atoms with Crippen molar-refractivity contribution in [2.75, 3.05) is 5.32 Å². The first-order valence-electron chi connectivity index (χ1n) is 10.6. The molecule has 0 aliphatic heterocycles. The Bertz CT molecular complexity index is 1330. The molecule has 174 valence electrons. The van der Waals surface area contributed by atoms with Gasteiger partial charge < -0.3 is 10.1 Å². The summed E-state index contributed by atoms with van der Waals surface area (Å²) in [7, 11) is 0. The molecule has 1 aromatic heterocycles. The van der Waals surface area contributed by atoms with E-state index in [1.807, 2.05) is 56.3 Å². The van der Waals surface area contributed by atoms with Crippen molar-refractivity contribution in [1.29, 1.82) is 0 Å². The van der Waals surface area contributed by atoms with Crippen molar-refractivity contribution in [2.45, 2.75) is 27.0 Å². The van der Waals surface area contributed by atoms with Crippen molar-refractivity contribution in [1.82, 2.24) is 9.78 Å². The second-order valence-electron chi connectivity index (χ2n) is 7.80. The van der Waals surface area contributed by atoms with Crippen LogP contribution >= 0.6 is 39.1 Å². The van der Waals surface area contributed by atoms with Gasteiger partial charge in [0, 0.05) is 25.6 Å². The summed E-state index contributed by atoms with van der Waals surface area (Å²) in [5, 5.41) is 8.74. The van der Waals surface area contributed by atoms with E-state index >= 15 is 0 Å². The van der Waals surface area contributed by atoms with Gasteiger partial charge in [-0.15, -0.1) is 0 Å². The van der Waals surface area contributed by atoms with Crippen LogP contribution < -0.4 is 10.1 Å². The number of benzene rings is 3. The first-order chi connectivity index (χ1) is 16.3. The summed E-state index contributed by atoms with van der Waals surface area (Å²) in [6, 6.07) is 20.4. The predicted octanol–water partition coefficient (Wildman–Crippen LogP) is 7.45. The van der Waals surface area contributed by atoms with Gasteiger partial charge in [-0.3, -0.25) is 9.48 Å². The van der Waals surface area contributed by atoms with Crippen molar-refractivity contribution in [2.24, 2.45) is 0 Å². The highest BCUT2D eigenvalue weighted by Gasteiger charge is 2.17. The molecule has 0 atom stereocenters. The van der Waals surface area contributed by atoms with Gasteiger partial charge in [0.1, 0.15) is 12.4 Å². The number of rotatable bonds is 7. The first-order valence-corrected chi connectivity index (χ1v) is 12.1. The maximum absolute atomic E-state index is 13.0. The van der Waals surface area contributed by atoms with Crippen molar-refractivity contribution in [3.63, 3.8) is 0 Å². The molecule has 0 fully saturated rings. The second-order valence-corrected chi connectivity index (χ2v) is 9.53. The molecule has 4 rings (SSSR count). The van der Waals surface area contributed by atoms with Gasteiger partial charge in [0.05, 0.1) is 23.6 Å². The number of nitrogens with one attached hydrogen (secondary N) is 1. The van der Waals surface area contributed by atoms with Crippen LogP contribution in [0.15, 0.2) is 71.2 Å². The van der Waals surface area contributed by atoms with E-state index < -0.39 is 0 Å². The zero-order valence-electron chi connectivity index (χ0n) is 18.6. The average molecular weight is 559 g/mol. The van der Waals surface area contributed by atoms with Gasteiger partial charge in [0.15, 0.2) is 0 Å². The molecule has 34 heavy (non-hydrogen) atoms. The van der Waals surface area contributed by atoms with Crippen LogP contribution in [-0.2, 0) is 13.2 Å². The fourth-order valence-corrected chi connectivity index (χ4v) is 4.47. The third-order valence-electron chi connectivity index (χ3n) is 5.38. The van der Waals surface area contributed by atoms with Crippen molar-refractivity contribution in [3.05, 3.63) is 109 Å². The quantitative estimate of drug-likeness (QED) is 0.256. The Morgan fingerprint density at radius 3 is 2.47 bits per heavy atom. The topological polar surface area (TPSA) is 56.2 Å². The van der Waals surface area contributed by atoms with Crippen molar-refractivity contribution < 1.29 is 9.53 Å². The summed E-state index contributed by atoms with van der Waals surface area (Å²) in [5.74, 6) is 0.535. The monoisotopic (exact) mass is 557 g/mol. The van der Waals surface area contributed by atoms with E-state index in [0.717, 1.165) is 27.0 Å². The minimum Gasteiger partial charge on any atom is -0.489 e. The molecule has 0 aliphatic rings. The first kappa shape index (κ1) is 24.3. The van der Waals surface area contributed by atoms with E-state index in [2.05, 4.69) is 26.3 Å². The molecule has 8 heteroatoms. The molecule has 1 heterocycles. The number of ether oxygens (including phenoxy) is 1. The number of halogens is 3. The zero-order valence-corrected chi connectivity index (χ0v) is 21.7. The van der Waals surface area contributed by atoms with Crippen LogP contribution in [0.4, 0.5) is 5.69 Å². The summed E-state index contributed by atoms with van der Waals surface area (Å²) in [4.78, 5) is 13.0. The Morgan fingerprint density at radius 2 is 1.74 bits per heavy atom. The van der Waals surface area contributed by atoms with Crippen molar-refractivity contribution in [3.8, 4) is 5.75 Å².